The number of amides is 1. The molecule has 0 heterocycles. The average Bonchev–Trinajstić information content (AvgIpc) is 2.56. The van der Waals surface area contributed by atoms with Crippen LogP contribution in [0.25, 0.3) is 0 Å². The van der Waals surface area contributed by atoms with Crippen LogP contribution >= 0.6 is 0 Å². The number of carbonyl (C=O) groups is 1. The van der Waals surface area contributed by atoms with Gasteiger partial charge in [-0.05, 0) is 55.7 Å². The van der Waals surface area contributed by atoms with E-state index in [4.69, 9.17) is 4.74 Å². The molecule has 0 unspecified atom stereocenters. The summed E-state index contributed by atoms with van der Waals surface area (Å²) in [5, 5.41) is 2.60. The summed E-state index contributed by atoms with van der Waals surface area (Å²) >= 11 is 0. The van der Waals surface area contributed by atoms with E-state index in [1.54, 1.807) is 13.0 Å². The highest BCUT2D eigenvalue weighted by molar-refractivity contribution is 5.80. The Morgan fingerprint density at radius 2 is 1.84 bits per heavy atom. The molecule has 0 saturated carbocycles. The van der Waals surface area contributed by atoms with Gasteiger partial charge in [-0.15, -0.1) is 0 Å². The standard InChI is InChI=1S/C19H20F3NO2/c1-12-6-4-9-17(13(12)2)25-14(3)18(24)23-11-15-7-5-8-16(10-15)19(20,21)22/h4-10,14H,11H2,1-3H3,(H,23,24)/t14-/m0/s1. The lowest BCUT2D eigenvalue weighted by Crippen LogP contribution is -2.36. The quantitative estimate of drug-likeness (QED) is 0.867. The Hall–Kier alpha value is -2.50. The van der Waals surface area contributed by atoms with Crippen LogP contribution in [-0.4, -0.2) is 12.0 Å². The maximum atomic E-state index is 12.7. The van der Waals surface area contributed by atoms with Crippen molar-refractivity contribution in [2.75, 3.05) is 0 Å². The highest BCUT2D eigenvalue weighted by atomic mass is 19.4. The monoisotopic (exact) mass is 351 g/mol. The van der Waals surface area contributed by atoms with Crippen molar-refractivity contribution < 1.29 is 22.7 Å². The van der Waals surface area contributed by atoms with Gasteiger partial charge >= 0.3 is 6.18 Å². The van der Waals surface area contributed by atoms with Gasteiger partial charge < -0.3 is 10.1 Å². The molecule has 0 saturated heterocycles. The summed E-state index contributed by atoms with van der Waals surface area (Å²) in [5.74, 6) is 0.222. The topological polar surface area (TPSA) is 38.3 Å². The van der Waals surface area contributed by atoms with Crippen LogP contribution in [0.4, 0.5) is 13.2 Å². The van der Waals surface area contributed by atoms with Crippen molar-refractivity contribution in [3.8, 4) is 5.75 Å². The first kappa shape index (κ1) is 18.8. The highest BCUT2D eigenvalue weighted by Crippen LogP contribution is 2.29. The van der Waals surface area contributed by atoms with E-state index < -0.39 is 23.8 Å². The Kier molecular flexibility index (Phi) is 5.72. The lowest BCUT2D eigenvalue weighted by molar-refractivity contribution is -0.137. The molecule has 0 aliphatic carbocycles. The number of ether oxygens (including phenoxy) is 1. The van der Waals surface area contributed by atoms with Crippen molar-refractivity contribution in [3.63, 3.8) is 0 Å². The van der Waals surface area contributed by atoms with Crippen molar-refractivity contribution in [1.82, 2.24) is 5.32 Å². The third-order valence-corrected chi connectivity index (χ3v) is 3.95. The van der Waals surface area contributed by atoms with E-state index in [-0.39, 0.29) is 6.54 Å². The number of hydrogen-bond acceptors (Lipinski definition) is 2. The molecule has 0 aliphatic rings. The van der Waals surface area contributed by atoms with E-state index in [1.165, 1.54) is 12.1 Å². The summed E-state index contributed by atoms with van der Waals surface area (Å²) in [6.07, 6.45) is -5.16. The van der Waals surface area contributed by atoms with E-state index >= 15 is 0 Å². The van der Waals surface area contributed by atoms with Gasteiger partial charge in [-0.1, -0.05) is 24.3 Å². The average molecular weight is 351 g/mol. The van der Waals surface area contributed by atoms with Gasteiger partial charge in [-0.2, -0.15) is 13.2 Å². The summed E-state index contributed by atoms with van der Waals surface area (Å²) in [6.45, 7) is 5.45. The molecular formula is C19H20F3NO2. The normalized spacial score (nSPS) is 12.6. The highest BCUT2D eigenvalue weighted by Gasteiger charge is 2.30. The van der Waals surface area contributed by atoms with E-state index in [0.717, 1.165) is 23.3 Å². The van der Waals surface area contributed by atoms with Crippen molar-refractivity contribution >= 4 is 5.91 Å². The summed E-state index contributed by atoms with van der Waals surface area (Å²) in [6, 6.07) is 10.4. The molecule has 2 aromatic rings. The van der Waals surface area contributed by atoms with Crippen molar-refractivity contribution in [2.24, 2.45) is 0 Å². The zero-order chi connectivity index (χ0) is 18.6. The minimum absolute atomic E-state index is 0.00323. The molecule has 0 fully saturated rings. The fourth-order valence-electron chi connectivity index (χ4n) is 2.29. The molecule has 2 rings (SSSR count). The Bertz CT molecular complexity index is 757. The SMILES string of the molecule is Cc1cccc(O[C@@H](C)C(=O)NCc2cccc(C(F)(F)F)c2)c1C. The first-order valence-electron chi connectivity index (χ1n) is 7.85. The number of rotatable bonds is 5. The number of aryl methyl sites for hydroxylation is 1. The molecule has 0 aromatic heterocycles. The van der Waals surface area contributed by atoms with E-state index in [0.29, 0.717) is 11.3 Å². The Morgan fingerprint density at radius 3 is 2.52 bits per heavy atom. The van der Waals surface area contributed by atoms with Crippen LogP contribution in [0.1, 0.15) is 29.2 Å². The molecule has 0 bridgehead atoms. The van der Waals surface area contributed by atoms with Crippen LogP contribution in [0.3, 0.4) is 0 Å². The number of alkyl halides is 3. The van der Waals surface area contributed by atoms with Crippen LogP contribution < -0.4 is 10.1 Å². The van der Waals surface area contributed by atoms with Crippen molar-refractivity contribution in [3.05, 3.63) is 64.7 Å². The van der Waals surface area contributed by atoms with Crippen molar-refractivity contribution in [2.45, 2.75) is 39.6 Å². The van der Waals surface area contributed by atoms with Crippen LogP contribution in [0, 0.1) is 13.8 Å². The zero-order valence-corrected chi connectivity index (χ0v) is 14.3. The summed E-state index contributed by atoms with van der Waals surface area (Å²) < 4.78 is 43.8. The number of hydrogen-bond donors (Lipinski definition) is 1. The maximum Gasteiger partial charge on any atom is 0.416 e. The summed E-state index contributed by atoms with van der Waals surface area (Å²) in [4.78, 5) is 12.1. The molecule has 2 aromatic carbocycles. The van der Waals surface area contributed by atoms with E-state index in [2.05, 4.69) is 5.32 Å². The number of carbonyl (C=O) groups excluding carboxylic acids is 1. The molecule has 1 N–H and O–H groups in total. The Labute approximate surface area is 144 Å². The van der Waals surface area contributed by atoms with Gasteiger partial charge in [0.15, 0.2) is 6.10 Å². The smallest absolute Gasteiger partial charge is 0.416 e. The second kappa shape index (κ2) is 7.59. The second-order valence-corrected chi connectivity index (χ2v) is 5.87. The molecule has 134 valence electrons. The van der Waals surface area contributed by atoms with Crippen LogP contribution in [0.5, 0.6) is 5.75 Å². The third kappa shape index (κ3) is 4.98. The number of benzene rings is 2. The van der Waals surface area contributed by atoms with Gasteiger partial charge in [-0.3, -0.25) is 4.79 Å². The largest absolute Gasteiger partial charge is 0.481 e. The first-order valence-corrected chi connectivity index (χ1v) is 7.85. The number of halogens is 3. The van der Waals surface area contributed by atoms with Crippen molar-refractivity contribution in [1.29, 1.82) is 0 Å². The van der Waals surface area contributed by atoms with Gasteiger partial charge in [0.2, 0.25) is 0 Å². The molecule has 0 radical (unpaired) electrons. The predicted octanol–water partition coefficient (Wildman–Crippen LogP) is 4.41. The minimum Gasteiger partial charge on any atom is -0.481 e. The van der Waals surface area contributed by atoms with Gasteiger partial charge in [-0.25, -0.2) is 0 Å². The van der Waals surface area contributed by atoms with Crippen LogP contribution in [0.2, 0.25) is 0 Å². The molecule has 0 aliphatic heterocycles. The predicted molar refractivity (Wildman–Crippen MR) is 89.3 cm³/mol. The van der Waals surface area contributed by atoms with Gasteiger partial charge in [0, 0.05) is 6.54 Å². The van der Waals surface area contributed by atoms with E-state index in [1.807, 2.05) is 26.0 Å². The number of nitrogens with one attached hydrogen (secondary N) is 1. The van der Waals surface area contributed by atoms with Crippen LogP contribution in [-0.2, 0) is 17.5 Å². The van der Waals surface area contributed by atoms with E-state index in [9.17, 15) is 18.0 Å². The molecule has 6 heteroatoms. The fourth-order valence-corrected chi connectivity index (χ4v) is 2.29. The molecule has 25 heavy (non-hydrogen) atoms. The molecule has 1 amide bonds. The lowest BCUT2D eigenvalue weighted by Gasteiger charge is -2.17. The minimum atomic E-state index is -4.40. The molecule has 0 spiro atoms. The van der Waals surface area contributed by atoms with Gasteiger partial charge in [0.1, 0.15) is 5.75 Å². The summed E-state index contributed by atoms with van der Waals surface area (Å²) in [7, 11) is 0. The lowest BCUT2D eigenvalue weighted by atomic mass is 10.1. The maximum absolute atomic E-state index is 12.7. The van der Waals surface area contributed by atoms with Crippen LogP contribution in [0.15, 0.2) is 42.5 Å². The molecule has 3 nitrogen and oxygen atoms in total. The second-order valence-electron chi connectivity index (χ2n) is 5.87. The van der Waals surface area contributed by atoms with Gasteiger partial charge in [0.05, 0.1) is 5.56 Å². The fraction of sp³-hybridized carbons (Fsp3) is 0.316. The zero-order valence-electron chi connectivity index (χ0n) is 14.3. The summed E-state index contributed by atoms with van der Waals surface area (Å²) in [5.41, 5.74) is 1.63. The Morgan fingerprint density at radius 1 is 1.16 bits per heavy atom. The Balaban J connectivity index is 1.97. The van der Waals surface area contributed by atoms with Gasteiger partial charge in [0.25, 0.3) is 5.91 Å². The molecular weight excluding hydrogens is 331 g/mol. The third-order valence-electron chi connectivity index (χ3n) is 3.95. The molecule has 1 atom stereocenters. The first-order chi connectivity index (χ1) is 11.7.